The molecule has 0 aliphatic carbocycles. The average Bonchev–Trinajstić information content (AvgIpc) is 2.73. The molecule has 0 saturated heterocycles. The maximum atomic E-state index is 12.8. The molecule has 31 heavy (non-hydrogen) atoms. The molecule has 0 aliphatic heterocycles. The van der Waals surface area contributed by atoms with Crippen molar-refractivity contribution < 1.29 is 14.3 Å². The van der Waals surface area contributed by atoms with Crippen molar-refractivity contribution >= 4 is 34.8 Å². The summed E-state index contributed by atoms with van der Waals surface area (Å²) in [5.74, 6) is 1.16. The Hall–Kier alpha value is -2.69. The van der Waals surface area contributed by atoms with Crippen molar-refractivity contribution in [3.8, 4) is 11.5 Å². The number of rotatable bonds is 6. The zero-order valence-electron chi connectivity index (χ0n) is 18.0. The van der Waals surface area contributed by atoms with Gasteiger partial charge in [-0.05, 0) is 53.4 Å². The van der Waals surface area contributed by atoms with E-state index in [1.54, 1.807) is 43.5 Å². The van der Waals surface area contributed by atoms with Crippen LogP contribution in [-0.2, 0) is 12.0 Å². The maximum Gasteiger partial charge on any atom is 0.255 e. The predicted molar refractivity (Wildman–Crippen MR) is 127 cm³/mol. The molecule has 0 spiro atoms. The molecule has 0 unspecified atom stereocenters. The number of amides is 1. The first-order chi connectivity index (χ1) is 14.7. The lowest BCUT2D eigenvalue weighted by Gasteiger charge is -2.23. The second kappa shape index (κ2) is 9.63. The lowest BCUT2D eigenvalue weighted by atomic mass is 9.86. The summed E-state index contributed by atoms with van der Waals surface area (Å²) in [6.45, 7) is 6.69. The van der Waals surface area contributed by atoms with E-state index in [2.05, 4.69) is 32.2 Å². The lowest BCUT2D eigenvalue weighted by molar-refractivity contribution is 0.102. The molecule has 6 heteroatoms. The Labute approximate surface area is 193 Å². The molecule has 1 N–H and O–H groups in total. The number of hydrogen-bond acceptors (Lipinski definition) is 3. The van der Waals surface area contributed by atoms with Gasteiger partial charge in [-0.25, -0.2) is 0 Å². The van der Waals surface area contributed by atoms with Crippen molar-refractivity contribution in [2.24, 2.45) is 0 Å². The number of anilines is 1. The van der Waals surface area contributed by atoms with E-state index in [-0.39, 0.29) is 17.9 Å². The zero-order chi connectivity index (χ0) is 22.6. The molecule has 0 saturated carbocycles. The molecule has 3 rings (SSSR count). The Morgan fingerprint density at radius 1 is 0.968 bits per heavy atom. The quantitative estimate of drug-likeness (QED) is 0.428. The van der Waals surface area contributed by atoms with Crippen LogP contribution < -0.4 is 14.8 Å². The van der Waals surface area contributed by atoms with Gasteiger partial charge in [0.2, 0.25) is 0 Å². The van der Waals surface area contributed by atoms with Crippen LogP contribution in [0.1, 0.15) is 42.3 Å². The average molecular weight is 458 g/mol. The van der Waals surface area contributed by atoms with Gasteiger partial charge in [-0.1, -0.05) is 62.2 Å². The topological polar surface area (TPSA) is 47.6 Å². The molecular weight excluding hydrogens is 433 g/mol. The molecular formula is C25H25Cl2NO3. The highest BCUT2D eigenvalue weighted by molar-refractivity contribution is 6.36. The van der Waals surface area contributed by atoms with Gasteiger partial charge in [0, 0.05) is 16.1 Å². The molecule has 0 bridgehead atoms. The fourth-order valence-electron chi connectivity index (χ4n) is 3.19. The Kier molecular flexibility index (Phi) is 7.14. The minimum Gasteiger partial charge on any atom is -0.496 e. The largest absolute Gasteiger partial charge is 0.496 e. The molecule has 0 atom stereocenters. The standard InChI is InChI=1S/C25H25Cl2NO3/c1-25(2,3)19-7-5-6-8-23(19)31-15-17-13-16(9-12-22(17)30-4)24(29)28-21-11-10-18(26)14-20(21)27/h5-14H,15H2,1-4H3,(H,28,29). The molecule has 0 aromatic heterocycles. The van der Waals surface area contributed by atoms with E-state index in [1.807, 2.05) is 18.2 Å². The fraction of sp³-hybridized carbons (Fsp3) is 0.240. The van der Waals surface area contributed by atoms with Crippen LogP contribution >= 0.6 is 23.2 Å². The second-order valence-electron chi connectivity index (χ2n) is 8.14. The Morgan fingerprint density at radius 2 is 1.71 bits per heavy atom. The molecule has 0 radical (unpaired) electrons. The van der Waals surface area contributed by atoms with Crippen LogP contribution in [-0.4, -0.2) is 13.0 Å². The second-order valence-corrected chi connectivity index (χ2v) is 8.98. The minimum absolute atomic E-state index is 0.0553. The normalized spacial score (nSPS) is 11.2. The number of hydrogen-bond donors (Lipinski definition) is 1. The molecule has 0 heterocycles. The van der Waals surface area contributed by atoms with Gasteiger partial charge in [-0.3, -0.25) is 4.79 Å². The van der Waals surface area contributed by atoms with Crippen LogP contribution in [0.25, 0.3) is 0 Å². The Bertz CT molecular complexity index is 1090. The zero-order valence-corrected chi connectivity index (χ0v) is 19.5. The van der Waals surface area contributed by atoms with Crippen molar-refractivity contribution in [3.05, 3.63) is 87.4 Å². The van der Waals surface area contributed by atoms with Crippen molar-refractivity contribution in [2.75, 3.05) is 12.4 Å². The number of nitrogens with one attached hydrogen (secondary N) is 1. The van der Waals surface area contributed by atoms with E-state index < -0.39 is 0 Å². The molecule has 3 aromatic rings. The van der Waals surface area contributed by atoms with Gasteiger partial charge in [-0.2, -0.15) is 0 Å². The van der Waals surface area contributed by atoms with Crippen LogP contribution in [0.3, 0.4) is 0 Å². The van der Waals surface area contributed by atoms with E-state index in [4.69, 9.17) is 32.7 Å². The molecule has 162 valence electrons. The van der Waals surface area contributed by atoms with E-state index in [0.29, 0.717) is 27.0 Å². The highest BCUT2D eigenvalue weighted by Gasteiger charge is 2.19. The van der Waals surface area contributed by atoms with Gasteiger partial charge in [0.1, 0.15) is 18.1 Å². The summed E-state index contributed by atoms with van der Waals surface area (Å²) >= 11 is 12.1. The number of para-hydroxylation sites is 1. The summed E-state index contributed by atoms with van der Waals surface area (Å²) < 4.78 is 11.6. The third kappa shape index (κ3) is 5.72. The fourth-order valence-corrected chi connectivity index (χ4v) is 3.64. The lowest BCUT2D eigenvalue weighted by Crippen LogP contribution is -2.14. The van der Waals surface area contributed by atoms with E-state index in [9.17, 15) is 4.79 Å². The maximum absolute atomic E-state index is 12.8. The molecule has 1 amide bonds. The first kappa shape index (κ1) is 23.0. The first-order valence-corrected chi connectivity index (χ1v) is 10.6. The Morgan fingerprint density at radius 3 is 2.39 bits per heavy atom. The summed E-state index contributed by atoms with van der Waals surface area (Å²) in [6.07, 6.45) is 0. The highest BCUT2D eigenvalue weighted by Crippen LogP contribution is 2.32. The monoisotopic (exact) mass is 457 g/mol. The van der Waals surface area contributed by atoms with E-state index >= 15 is 0 Å². The molecule has 4 nitrogen and oxygen atoms in total. The van der Waals surface area contributed by atoms with Crippen molar-refractivity contribution in [1.29, 1.82) is 0 Å². The molecule has 3 aromatic carbocycles. The SMILES string of the molecule is COc1ccc(C(=O)Nc2ccc(Cl)cc2Cl)cc1COc1ccccc1C(C)(C)C. The van der Waals surface area contributed by atoms with Crippen molar-refractivity contribution in [2.45, 2.75) is 32.8 Å². The van der Waals surface area contributed by atoms with Crippen molar-refractivity contribution in [1.82, 2.24) is 0 Å². The van der Waals surface area contributed by atoms with Crippen molar-refractivity contribution in [3.63, 3.8) is 0 Å². The summed E-state index contributed by atoms with van der Waals surface area (Å²) in [5, 5.41) is 3.68. The van der Waals surface area contributed by atoms with Crippen LogP contribution in [0.4, 0.5) is 5.69 Å². The van der Waals surface area contributed by atoms with Gasteiger partial charge in [0.05, 0.1) is 17.8 Å². The number of ether oxygens (including phenoxy) is 2. The number of carbonyl (C=O) groups is 1. The predicted octanol–water partition coefficient (Wildman–Crippen LogP) is 7.13. The van der Waals surface area contributed by atoms with E-state index in [0.717, 1.165) is 16.9 Å². The summed E-state index contributed by atoms with van der Waals surface area (Å²) in [5.41, 5.74) is 2.78. The summed E-state index contributed by atoms with van der Waals surface area (Å²) in [7, 11) is 1.59. The third-order valence-electron chi connectivity index (χ3n) is 4.80. The summed E-state index contributed by atoms with van der Waals surface area (Å²) in [4.78, 5) is 12.8. The number of benzene rings is 3. The molecule has 0 aliphatic rings. The summed E-state index contributed by atoms with van der Waals surface area (Å²) in [6, 6.07) is 18.1. The number of methoxy groups -OCH3 is 1. The van der Waals surface area contributed by atoms with Crippen LogP contribution in [0.2, 0.25) is 10.0 Å². The van der Waals surface area contributed by atoms with Gasteiger partial charge in [0.25, 0.3) is 5.91 Å². The van der Waals surface area contributed by atoms with Crippen LogP contribution in [0.15, 0.2) is 60.7 Å². The molecule has 0 fully saturated rings. The smallest absolute Gasteiger partial charge is 0.255 e. The van der Waals surface area contributed by atoms with Gasteiger partial charge in [0.15, 0.2) is 0 Å². The minimum atomic E-state index is -0.289. The third-order valence-corrected chi connectivity index (χ3v) is 5.35. The Balaban J connectivity index is 1.82. The van der Waals surface area contributed by atoms with Gasteiger partial charge in [-0.15, -0.1) is 0 Å². The highest BCUT2D eigenvalue weighted by atomic mass is 35.5. The van der Waals surface area contributed by atoms with E-state index in [1.165, 1.54) is 0 Å². The van der Waals surface area contributed by atoms with Gasteiger partial charge < -0.3 is 14.8 Å². The van der Waals surface area contributed by atoms with Crippen LogP contribution in [0, 0.1) is 0 Å². The first-order valence-electron chi connectivity index (χ1n) is 9.84. The number of carbonyl (C=O) groups excluding carboxylic acids is 1. The number of halogens is 2. The van der Waals surface area contributed by atoms with Crippen LogP contribution in [0.5, 0.6) is 11.5 Å². The van der Waals surface area contributed by atoms with Gasteiger partial charge >= 0.3 is 0 Å².